The molecule has 3 unspecified atom stereocenters. The molecule has 0 fully saturated rings. The van der Waals surface area contributed by atoms with Gasteiger partial charge in [-0.1, -0.05) is 42.2 Å². The van der Waals surface area contributed by atoms with Gasteiger partial charge in [0.1, 0.15) is 12.2 Å². The van der Waals surface area contributed by atoms with Crippen LogP contribution in [0.3, 0.4) is 0 Å². The maximum atomic E-state index is 9.97. The molecule has 1 aromatic rings. The molecule has 3 N–H and O–H groups in total. The molecule has 20 heavy (non-hydrogen) atoms. The smallest absolute Gasteiger partial charge is 0.140 e. The Bertz CT molecular complexity index is 419. The quantitative estimate of drug-likeness (QED) is 0.653. The van der Waals surface area contributed by atoms with E-state index in [1.54, 1.807) is 0 Å². The minimum atomic E-state index is -0.972. The summed E-state index contributed by atoms with van der Waals surface area (Å²) in [5.74, 6) is 5.09. The Labute approximate surface area is 120 Å². The zero-order valence-electron chi connectivity index (χ0n) is 11.7. The lowest BCUT2D eigenvalue weighted by Crippen LogP contribution is -2.28. The maximum Gasteiger partial charge on any atom is 0.140 e. The summed E-state index contributed by atoms with van der Waals surface area (Å²) in [6.07, 6.45) is -1.18. The van der Waals surface area contributed by atoms with Crippen LogP contribution < -0.4 is 0 Å². The van der Waals surface area contributed by atoms with Gasteiger partial charge in [-0.3, -0.25) is 0 Å². The van der Waals surface area contributed by atoms with Crippen molar-refractivity contribution >= 4 is 0 Å². The van der Waals surface area contributed by atoms with Crippen LogP contribution in [-0.4, -0.2) is 40.2 Å². The first-order valence-electron chi connectivity index (χ1n) is 6.77. The summed E-state index contributed by atoms with van der Waals surface area (Å²) in [5, 5.41) is 28.0. The predicted molar refractivity (Wildman–Crippen MR) is 76.8 cm³/mol. The fourth-order valence-electron chi connectivity index (χ4n) is 1.70. The fraction of sp³-hybridized carbons (Fsp3) is 0.500. The number of benzene rings is 1. The number of hydrogen-bond acceptors (Lipinski definition) is 4. The topological polar surface area (TPSA) is 69.9 Å². The summed E-state index contributed by atoms with van der Waals surface area (Å²) in [7, 11) is 0. The summed E-state index contributed by atoms with van der Waals surface area (Å²) in [5.41, 5.74) is 1.01. The lowest BCUT2D eigenvalue weighted by Gasteiger charge is -2.20. The molecule has 4 nitrogen and oxygen atoms in total. The molecule has 0 aliphatic carbocycles. The normalized spacial score (nSPS) is 15.0. The number of aliphatic hydroxyl groups excluding tert-OH is 3. The summed E-state index contributed by atoms with van der Waals surface area (Å²) in [6, 6.07) is 9.65. The third kappa shape index (κ3) is 6.69. The van der Waals surface area contributed by atoms with Crippen molar-refractivity contribution in [2.45, 2.75) is 44.7 Å². The summed E-state index contributed by atoms with van der Waals surface area (Å²) >= 11 is 0. The van der Waals surface area contributed by atoms with Gasteiger partial charge in [-0.25, -0.2) is 0 Å². The molecule has 0 aromatic heterocycles. The third-order valence-corrected chi connectivity index (χ3v) is 2.75. The highest BCUT2D eigenvalue weighted by Gasteiger charge is 2.17. The Morgan fingerprint density at radius 2 is 1.85 bits per heavy atom. The highest BCUT2D eigenvalue weighted by Crippen LogP contribution is 2.11. The molecule has 110 valence electrons. The number of rotatable bonds is 7. The van der Waals surface area contributed by atoms with Crippen LogP contribution in [-0.2, 0) is 11.3 Å². The van der Waals surface area contributed by atoms with E-state index in [0.29, 0.717) is 19.4 Å². The molecule has 4 heteroatoms. The van der Waals surface area contributed by atoms with Crippen LogP contribution in [0.2, 0.25) is 0 Å². The van der Waals surface area contributed by atoms with E-state index in [1.807, 2.05) is 30.3 Å². The van der Waals surface area contributed by atoms with Gasteiger partial charge in [0, 0.05) is 6.61 Å². The molecule has 0 bridgehead atoms. The van der Waals surface area contributed by atoms with Crippen molar-refractivity contribution in [3.63, 3.8) is 0 Å². The van der Waals surface area contributed by atoms with Crippen LogP contribution in [0, 0.1) is 11.8 Å². The van der Waals surface area contributed by atoms with E-state index in [9.17, 15) is 5.11 Å². The van der Waals surface area contributed by atoms with Crippen molar-refractivity contribution in [3.8, 4) is 11.8 Å². The van der Waals surface area contributed by atoms with E-state index in [2.05, 4.69) is 11.8 Å². The Kier molecular flexibility index (Phi) is 7.93. The van der Waals surface area contributed by atoms with Crippen LogP contribution in [0.15, 0.2) is 30.3 Å². The van der Waals surface area contributed by atoms with E-state index >= 15 is 0 Å². The van der Waals surface area contributed by atoms with Gasteiger partial charge < -0.3 is 20.1 Å². The third-order valence-electron chi connectivity index (χ3n) is 2.75. The van der Waals surface area contributed by atoms with Gasteiger partial charge in [-0.15, -0.1) is 0 Å². The van der Waals surface area contributed by atoms with E-state index in [-0.39, 0.29) is 6.61 Å². The van der Waals surface area contributed by atoms with Crippen molar-refractivity contribution in [2.24, 2.45) is 0 Å². The van der Waals surface area contributed by atoms with Gasteiger partial charge in [0.15, 0.2) is 0 Å². The lowest BCUT2D eigenvalue weighted by molar-refractivity contribution is -0.0302. The lowest BCUT2D eigenvalue weighted by atomic mass is 10.1. The fourth-order valence-corrected chi connectivity index (χ4v) is 1.70. The molecule has 0 aliphatic heterocycles. The molecule has 0 spiro atoms. The second-order valence-corrected chi connectivity index (χ2v) is 4.61. The Balaban J connectivity index is 2.57. The van der Waals surface area contributed by atoms with Crippen LogP contribution in [0.1, 0.15) is 25.3 Å². The standard InChI is InChI=1S/C16H22O4/c1-13(18)9-10-15(19)16(8-5-11-17)20-12-14-6-3-2-4-7-14/h2-4,6-7,13,15-19H,5,8,11-12H2,1H3. The van der Waals surface area contributed by atoms with Crippen LogP contribution in [0.5, 0.6) is 0 Å². The van der Waals surface area contributed by atoms with Gasteiger partial charge in [0.25, 0.3) is 0 Å². The monoisotopic (exact) mass is 278 g/mol. The molecule has 1 aromatic carbocycles. The first-order valence-corrected chi connectivity index (χ1v) is 6.77. The van der Waals surface area contributed by atoms with Crippen LogP contribution >= 0.6 is 0 Å². The SMILES string of the molecule is CC(O)C#CC(O)C(CCCO)OCc1ccccc1. The molecule has 0 saturated heterocycles. The largest absolute Gasteiger partial charge is 0.396 e. The molecule has 1 rings (SSSR count). The Hall–Kier alpha value is -1.38. The first kappa shape index (κ1) is 16.7. The van der Waals surface area contributed by atoms with Gasteiger partial charge in [-0.05, 0) is 25.3 Å². The van der Waals surface area contributed by atoms with Crippen molar-refractivity contribution in [3.05, 3.63) is 35.9 Å². The van der Waals surface area contributed by atoms with Crippen molar-refractivity contribution in [1.29, 1.82) is 0 Å². The molecule has 0 aliphatic rings. The Morgan fingerprint density at radius 3 is 2.45 bits per heavy atom. The van der Waals surface area contributed by atoms with Crippen LogP contribution in [0.4, 0.5) is 0 Å². The van der Waals surface area contributed by atoms with Gasteiger partial charge in [0.2, 0.25) is 0 Å². The highest BCUT2D eigenvalue weighted by molar-refractivity contribution is 5.14. The number of ether oxygens (including phenoxy) is 1. The molecule has 3 atom stereocenters. The van der Waals surface area contributed by atoms with Crippen molar-refractivity contribution in [1.82, 2.24) is 0 Å². The highest BCUT2D eigenvalue weighted by atomic mass is 16.5. The summed E-state index contributed by atoms with van der Waals surface area (Å²) < 4.78 is 5.68. The maximum absolute atomic E-state index is 9.97. The second-order valence-electron chi connectivity index (χ2n) is 4.61. The summed E-state index contributed by atoms with van der Waals surface area (Å²) in [6.45, 7) is 1.96. The van der Waals surface area contributed by atoms with Crippen molar-refractivity contribution in [2.75, 3.05) is 6.61 Å². The van der Waals surface area contributed by atoms with E-state index in [4.69, 9.17) is 14.9 Å². The van der Waals surface area contributed by atoms with Gasteiger partial charge >= 0.3 is 0 Å². The average Bonchev–Trinajstić information content (AvgIpc) is 2.46. The minimum Gasteiger partial charge on any atom is -0.396 e. The van der Waals surface area contributed by atoms with E-state index in [0.717, 1.165) is 5.56 Å². The minimum absolute atomic E-state index is 0.0434. The zero-order chi connectivity index (χ0) is 14.8. The molecule has 0 radical (unpaired) electrons. The van der Waals surface area contributed by atoms with E-state index < -0.39 is 18.3 Å². The average molecular weight is 278 g/mol. The summed E-state index contributed by atoms with van der Waals surface area (Å²) in [4.78, 5) is 0. The number of aliphatic hydroxyl groups is 3. The van der Waals surface area contributed by atoms with Gasteiger partial charge in [-0.2, -0.15) is 0 Å². The van der Waals surface area contributed by atoms with Gasteiger partial charge in [0.05, 0.1) is 12.7 Å². The zero-order valence-corrected chi connectivity index (χ0v) is 11.7. The Morgan fingerprint density at radius 1 is 1.15 bits per heavy atom. The second kappa shape index (κ2) is 9.51. The molecule has 0 saturated carbocycles. The molecular formula is C16H22O4. The van der Waals surface area contributed by atoms with Crippen LogP contribution in [0.25, 0.3) is 0 Å². The molecule has 0 heterocycles. The van der Waals surface area contributed by atoms with Crippen molar-refractivity contribution < 1.29 is 20.1 Å². The first-order chi connectivity index (χ1) is 9.63. The van der Waals surface area contributed by atoms with E-state index in [1.165, 1.54) is 6.92 Å². The molecular weight excluding hydrogens is 256 g/mol. The predicted octanol–water partition coefficient (Wildman–Crippen LogP) is 1.09. The number of hydrogen-bond donors (Lipinski definition) is 3. The molecule has 0 amide bonds.